The standard InChI is InChI=1S/C25H33NO/c1-4-6-11-21(5-2)25(16-14-22(27)15-17-25)18-26-19(3)23-12-7-9-20-10-8-13-24(20)23/h4-7,9,11-12,22,26-27H,1,3,8,10,13-18H2,2H3/b11-6-,21-5+. The maximum Gasteiger partial charge on any atom is 0.0541 e. The molecule has 0 heterocycles. The Labute approximate surface area is 164 Å². The molecule has 1 fully saturated rings. The van der Waals surface area contributed by atoms with Crippen LogP contribution in [0, 0.1) is 5.41 Å². The molecule has 2 heteroatoms. The van der Waals surface area contributed by atoms with Crippen LogP contribution >= 0.6 is 0 Å². The highest BCUT2D eigenvalue weighted by Crippen LogP contribution is 2.43. The van der Waals surface area contributed by atoms with Crippen molar-refractivity contribution in [1.29, 1.82) is 0 Å². The molecule has 1 aromatic carbocycles. The van der Waals surface area contributed by atoms with Crippen LogP contribution in [0.3, 0.4) is 0 Å². The molecular weight excluding hydrogens is 330 g/mol. The summed E-state index contributed by atoms with van der Waals surface area (Å²) >= 11 is 0. The molecule has 1 saturated carbocycles. The topological polar surface area (TPSA) is 32.3 Å². The lowest BCUT2D eigenvalue weighted by Gasteiger charge is -2.41. The molecule has 0 saturated heterocycles. The molecule has 0 atom stereocenters. The molecule has 144 valence electrons. The van der Waals surface area contributed by atoms with Crippen LogP contribution in [0.15, 0.2) is 61.2 Å². The van der Waals surface area contributed by atoms with E-state index in [1.807, 2.05) is 12.2 Å². The quantitative estimate of drug-likeness (QED) is 0.640. The molecule has 0 spiro atoms. The molecule has 1 aromatic rings. The summed E-state index contributed by atoms with van der Waals surface area (Å²) in [5.74, 6) is 0. The van der Waals surface area contributed by atoms with Crippen LogP contribution in [0.4, 0.5) is 0 Å². The fraction of sp³-hybridized carbons (Fsp3) is 0.440. The zero-order valence-electron chi connectivity index (χ0n) is 16.6. The molecule has 0 bridgehead atoms. The molecule has 2 aliphatic carbocycles. The summed E-state index contributed by atoms with van der Waals surface area (Å²) in [7, 11) is 0. The summed E-state index contributed by atoms with van der Waals surface area (Å²) in [4.78, 5) is 0. The van der Waals surface area contributed by atoms with Crippen LogP contribution < -0.4 is 5.32 Å². The van der Waals surface area contributed by atoms with Crippen LogP contribution in [0.2, 0.25) is 0 Å². The number of rotatable bonds is 7. The van der Waals surface area contributed by atoms with Gasteiger partial charge >= 0.3 is 0 Å². The number of nitrogens with one attached hydrogen (secondary N) is 1. The number of aryl methyl sites for hydroxylation is 1. The van der Waals surface area contributed by atoms with Gasteiger partial charge in [-0.25, -0.2) is 0 Å². The molecule has 2 nitrogen and oxygen atoms in total. The van der Waals surface area contributed by atoms with Gasteiger partial charge in [-0.1, -0.05) is 55.7 Å². The van der Waals surface area contributed by atoms with Crippen molar-refractivity contribution in [2.24, 2.45) is 5.41 Å². The second-order valence-electron chi connectivity index (χ2n) is 7.98. The van der Waals surface area contributed by atoms with E-state index in [0.29, 0.717) is 0 Å². The van der Waals surface area contributed by atoms with E-state index in [0.717, 1.165) is 44.3 Å². The first-order valence-corrected chi connectivity index (χ1v) is 10.3. The Kier molecular flexibility index (Phi) is 6.38. The first-order valence-electron chi connectivity index (χ1n) is 10.3. The summed E-state index contributed by atoms with van der Waals surface area (Å²) in [5.41, 5.74) is 6.62. The molecule has 0 aromatic heterocycles. The number of aliphatic hydroxyl groups excluding tert-OH is 1. The lowest BCUT2D eigenvalue weighted by Crippen LogP contribution is -2.39. The molecule has 27 heavy (non-hydrogen) atoms. The third kappa shape index (κ3) is 4.27. The fourth-order valence-electron chi connectivity index (χ4n) is 4.75. The van der Waals surface area contributed by atoms with Crippen molar-refractivity contribution in [3.8, 4) is 0 Å². The van der Waals surface area contributed by atoms with Gasteiger partial charge in [0.05, 0.1) is 6.10 Å². The van der Waals surface area contributed by atoms with Gasteiger partial charge in [-0.15, -0.1) is 0 Å². The Morgan fingerprint density at radius 2 is 2.07 bits per heavy atom. The monoisotopic (exact) mass is 363 g/mol. The average Bonchev–Trinajstić information content (AvgIpc) is 3.17. The van der Waals surface area contributed by atoms with E-state index < -0.39 is 0 Å². The average molecular weight is 364 g/mol. The number of hydrogen-bond donors (Lipinski definition) is 2. The van der Waals surface area contributed by atoms with Gasteiger partial charge in [0.25, 0.3) is 0 Å². The molecule has 2 aliphatic rings. The first kappa shape index (κ1) is 19.7. The van der Waals surface area contributed by atoms with Crippen LogP contribution in [-0.2, 0) is 12.8 Å². The number of aliphatic hydroxyl groups is 1. The van der Waals surface area contributed by atoms with Crippen molar-refractivity contribution in [1.82, 2.24) is 5.32 Å². The Balaban J connectivity index is 1.79. The summed E-state index contributed by atoms with van der Waals surface area (Å²) in [6, 6.07) is 6.61. The van der Waals surface area contributed by atoms with E-state index in [4.69, 9.17) is 0 Å². The Hall–Kier alpha value is -2.06. The van der Waals surface area contributed by atoms with Crippen molar-refractivity contribution in [2.75, 3.05) is 6.54 Å². The predicted octanol–water partition coefficient (Wildman–Crippen LogP) is 5.35. The molecule has 3 rings (SSSR count). The highest BCUT2D eigenvalue weighted by atomic mass is 16.3. The predicted molar refractivity (Wildman–Crippen MR) is 116 cm³/mol. The zero-order chi connectivity index (χ0) is 19.3. The lowest BCUT2D eigenvalue weighted by atomic mass is 9.68. The number of allylic oxidation sites excluding steroid dienone is 4. The molecule has 2 N–H and O–H groups in total. The van der Waals surface area contributed by atoms with Crippen LogP contribution in [0.25, 0.3) is 5.70 Å². The minimum absolute atomic E-state index is 0.0361. The maximum absolute atomic E-state index is 10.0. The lowest BCUT2D eigenvalue weighted by molar-refractivity contribution is 0.0820. The van der Waals surface area contributed by atoms with E-state index >= 15 is 0 Å². The summed E-state index contributed by atoms with van der Waals surface area (Å²) < 4.78 is 0. The van der Waals surface area contributed by atoms with Crippen LogP contribution in [0.5, 0.6) is 0 Å². The van der Waals surface area contributed by atoms with Crippen molar-refractivity contribution < 1.29 is 5.11 Å². The maximum atomic E-state index is 10.0. The third-order valence-electron chi connectivity index (χ3n) is 6.36. The Morgan fingerprint density at radius 3 is 2.78 bits per heavy atom. The van der Waals surface area contributed by atoms with Gasteiger partial charge in [0, 0.05) is 23.2 Å². The normalized spacial score (nSPS) is 25.4. The van der Waals surface area contributed by atoms with E-state index in [1.165, 1.54) is 35.1 Å². The third-order valence-corrected chi connectivity index (χ3v) is 6.36. The van der Waals surface area contributed by atoms with Gasteiger partial charge in [0.1, 0.15) is 0 Å². The molecule has 0 aliphatic heterocycles. The van der Waals surface area contributed by atoms with Gasteiger partial charge in [-0.2, -0.15) is 0 Å². The van der Waals surface area contributed by atoms with Gasteiger partial charge in [0.2, 0.25) is 0 Å². The van der Waals surface area contributed by atoms with Crippen molar-refractivity contribution in [3.63, 3.8) is 0 Å². The molecule has 0 unspecified atom stereocenters. The molecule has 0 radical (unpaired) electrons. The zero-order valence-corrected chi connectivity index (χ0v) is 16.6. The van der Waals surface area contributed by atoms with Gasteiger partial charge in [-0.05, 0) is 68.6 Å². The minimum atomic E-state index is -0.166. The number of benzene rings is 1. The second kappa shape index (κ2) is 8.75. The van der Waals surface area contributed by atoms with Crippen molar-refractivity contribution in [3.05, 3.63) is 77.9 Å². The summed E-state index contributed by atoms with van der Waals surface area (Å²) in [6.07, 6.45) is 15.3. The Bertz CT molecular complexity index is 748. The first-order chi connectivity index (χ1) is 13.1. The SMILES string of the molecule is C=C/C=C\C(=C/C)C1(CNC(=C)c2cccc3c2CCC3)CCC(O)CC1. The smallest absolute Gasteiger partial charge is 0.0541 e. The van der Waals surface area contributed by atoms with Gasteiger partial charge in [0.15, 0.2) is 0 Å². The van der Waals surface area contributed by atoms with E-state index in [2.05, 4.69) is 55.7 Å². The molecule has 0 amide bonds. The van der Waals surface area contributed by atoms with Crippen molar-refractivity contribution >= 4 is 5.70 Å². The highest BCUT2D eigenvalue weighted by Gasteiger charge is 2.37. The minimum Gasteiger partial charge on any atom is -0.393 e. The fourth-order valence-corrected chi connectivity index (χ4v) is 4.75. The van der Waals surface area contributed by atoms with Gasteiger partial charge in [-0.3, -0.25) is 0 Å². The van der Waals surface area contributed by atoms with E-state index in [-0.39, 0.29) is 11.5 Å². The van der Waals surface area contributed by atoms with Crippen molar-refractivity contribution in [2.45, 2.75) is 58.0 Å². The van der Waals surface area contributed by atoms with E-state index in [1.54, 1.807) is 0 Å². The summed E-state index contributed by atoms with van der Waals surface area (Å²) in [6.45, 7) is 11.1. The van der Waals surface area contributed by atoms with Crippen LogP contribution in [-0.4, -0.2) is 17.8 Å². The van der Waals surface area contributed by atoms with Gasteiger partial charge < -0.3 is 10.4 Å². The van der Waals surface area contributed by atoms with E-state index in [9.17, 15) is 5.11 Å². The summed E-state index contributed by atoms with van der Waals surface area (Å²) in [5, 5.41) is 13.7. The largest absolute Gasteiger partial charge is 0.393 e. The second-order valence-corrected chi connectivity index (χ2v) is 7.98. The number of hydrogen-bond acceptors (Lipinski definition) is 2. The highest BCUT2D eigenvalue weighted by molar-refractivity contribution is 5.67. The molecular formula is C25H33NO. The Morgan fingerprint density at radius 1 is 1.30 bits per heavy atom. The van der Waals surface area contributed by atoms with Crippen LogP contribution in [0.1, 0.15) is 55.7 Å². The number of fused-ring (bicyclic) bond motifs is 1.